The van der Waals surface area contributed by atoms with Crippen LogP contribution in [0.25, 0.3) is 0 Å². The molecule has 0 saturated carbocycles. The van der Waals surface area contributed by atoms with E-state index in [4.69, 9.17) is 23.2 Å². The summed E-state index contributed by atoms with van der Waals surface area (Å²) < 4.78 is 0. The minimum absolute atomic E-state index is 0. The predicted molar refractivity (Wildman–Crippen MR) is 76.7 cm³/mol. The van der Waals surface area contributed by atoms with Gasteiger partial charge in [-0.05, 0) is 30.2 Å². The van der Waals surface area contributed by atoms with Crippen LogP contribution in [0, 0.1) is 0 Å². The maximum Gasteiger partial charge on any atom is 0.243 e. The number of hydrogen-bond donors (Lipinski definition) is 2. The number of nitrogens with one attached hydrogen (secondary N) is 2. The van der Waals surface area contributed by atoms with Crippen molar-refractivity contribution in [2.75, 3.05) is 0 Å². The molecule has 1 fully saturated rings. The average Bonchev–Trinajstić information content (AvgIpc) is 2.32. The Balaban J connectivity index is 0.00000180. The normalized spacial score (nSPS) is 18.7. The van der Waals surface area contributed by atoms with Crippen molar-refractivity contribution >= 4 is 47.4 Å². The van der Waals surface area contributed by atoms with E-state index in [1.807, 2.05) is 0 Å². The van der Waals surface area contributed by atoms with E-state index < -0.39 is 0 Å². The van der Waals surface area contributed by atoms with Gasteiger partial charge in [0, 0.05) is 23.0 Å². The molecular formula is C12H13Cl3N2O2. The number of amides is 2. The Morgan fingerprint density at radius 2 is 2.05 bits per heavy atom. The molecule has 0 spiro atoms. The highest BCUT2D eigenvalue weighted by Gasteiger charge is 2.25. The second-order valence-corrected chi connectivity index (χ2v) is 4.96. The molecule has 1 aromatic carbocycles. The second kappa shape index (κ2) is 7.10. The molecule has 1 atom stereocenters. The first-order valence-corrected chi connectivity index (χ1v) is 6.33. The van der Waals surface area contributed by atoms with Crippen LogP contribution in [0.3, 0.4) is 0 Å². The van der Waals surface area contributed by atoms with Gasteiger partial charge >= 0.3 is 0 Å². The summed E-state index contributed by atoms with van der Waals surface area (Å²) in [6.07, 6.45) is 0.857. The lowest BCUT2D eigenvalue weighted by molar-refractivity contribution is -0.134. The van der Waals surface area contributed by atoms with Gasteiger partial charge in [0.05, 0.1) is 6.04 Å². The van der Waals surface area contributed by atoms with Crippen molar-refractivity contribution in [3.63, 3.8) is 0 Å². The number of imide groups is 1. The lowest BCUT2D eigenvalue weighted by Gasteiger charge is -2.22. The molecule has 0 aliphatic carbocycles. The molecule has 19 heavy (non-hydrogen) atoms. The van der Waals surface area contributed by atoms with Crippen LogP contribution in [-0.4, -0.2) is 17.9 Å². The number of hydrogen-bond acceptors (Lipinski definition) is 3. The highest BCUT2D eigenvalue weighted by Crippen LogP contribution is 2.20. The van der Waals surface area contributed by atoms with E-state index in [1.54, 1.807) is 18.2 Å². The Bertz CT molecular complexity index is 494. The molecule has 4 nitrogen and oxygen atoms in total. The van der Waals surface area contributed by atoms with E-state index in [-0.39, 0.29) is 30.3 Å². The van der Waals surface area contributed by atoms with Crippen LogP contribution in [0.4, 0.5) is 0 Å². The van der Waals surface area contributed by atoms with E-state index >= 15 is 0 Å². The highest BCUT2D eigenvalue weighted by atomic mass is 35.5. The maximum absolute atomic E-state index is 11.5. The van der Waals surface area contributed by atoms with Gasteiger partial charge in [0.25, 0.3) is 0 Å². The third-order valence-electron chi connectivity index (χ3n) is 2.79. The molecule has 1 aliphatic heterocycles. The van der Waals surface area contributed by atoms with Crippen molar-refractivity contribution in [2.24, 2.45) is 0 Å². The molecule has 104 valence electrons. The van der Waals surface area contributed by atoms with Crippen LogP contribution in [-0.2, 0) is 16.1 Å². The van der Waals surface area contributed by atoms with Gasteiger partial charge in [0.1, 0.15) is 0 Å². The zero-order valence-electron chi connectivity index (χ0n) is 9.91. The van der Waals surface area contributed by atoms with Crippen molar-refractivity contribution in [2.45, 2.75) is 25.4 Å². The summed E-state index contributed by atoms with van der Waals surface area (Å²) in [4.78, 5) is 22.5. The predicted octanol–water partition coefficient (Wildman–Crippen LogP) is 2.31. The topological polar surface area (TPSA) is 58.2 Å². The van der Waals surface area contributed by atoms with E-state index in [0.29, 0.717) is 29.4 Å². The molecule has 1 aromatic rings. The zero-order chi connectivity index (χ0) is 13.1. The van der Waals surface area contributed by atoms with Crippen molar-refractivity contribution in [3.05, 3.63) is 33.8 Å². The molecule has 0 radical (unpaired) electrons. The fourth-order valence-electron chi connectivity index (χ4n) is 1.80. The zero-order valence-corrected chi connectivity index (χ0v) is 12.2. The largest absolute Gasteiger partial charge is 0.302 e. The Morgan fingerprint density at radius 1 is 1.32 bits per heavy atom. The fourth-order valence-corrected chi connectivity index (χ4v) is 2.18. The first-order valence-electron chi connectivity index (χ1n) is 5.57. The Labute approximate surface area is 127 Å². The molecule has 2 N–H and O–H groups in total. The van der Waals surface area contributed by atoms with Crippen molar-refractivity contribution in [1.29, 1.82) is 0 Å². The number of rotatable bonds is 3. The molecular weight excluding hydrogens is 311 g/mol. The number of carbonyl (C=O) groups excluding carboxylic acids is 2. The number of benzene rings is 1. The third-order valence-corrected chi connectivity index (χ3v) is 3.39. The SMILES string of the molecule is Cl.O=C1CCC(NCc2cc(Cl)ccc2Cl)C(=O)N1. The quantitative estimate of drug-likeness (QED) is 0.839. The summed E-state index contributed by atoms with van der Waals surface area (Å²) in [5, 5.41) is 6.55. The Kier molecular flexibility index (Phi) is 6.07. The van der Waals surface area contributed by atoms with Gasteiger partial charge in [-0.15, -0.1) is 12.4 Å². The van der Waals surface area contributed by atoms with Gasteiger partial charge < -0.3 is 5.32 Å². The lowest BCUT2D eigenvalue weighted by atomic mass is 10.1. The van der Waals surface area contributed by atoms with Crippen molar-refractivity contribution in [3.8, 4) is 0 Å². The second-order valence-electron chi connectivity index (χ2n) is 4.12. The summed E-state index contributed by atoms with van der Waals surface area (Å²) in [5.41, 5.74) is 0.828. The first kappa shape index (κ1) is 16.2. The molecule has 2 amide bonds. The summed E-state index contributed by atoms with van der Waals surface area (Å²) in [5.74, 6) is -0.511. The van der Waals surface area contributed by atoms with E-state index in [9.17, 15) is 9.59 Å². The van der Waals surface area contributed by atoms with Crippen molar-refractivity contribution < 1.29 is 9.59 Å². The number of carbonyl (C=O) groups is 2. The summed E-state index contributed by atoms with van der Waals surface area (Å²) in [6, 6.07) is 4.81. The smallest absolute Gasteiger partial charge is 0.243 e. The minimum atomic E-state index is -0.363. The maximum atomic E-state index is 11.5. The third kappa shape index (κ3) is 4.35. The van der Waals surface area contributed by atoms with Crippen LogP contribution in [0.5, 0.6) is 0 Å². The average molecular weight is 324 g/mol. The number of piperidine rings is 1. The van der Waals surface area contributed by atoms with Gasteiger partial charge in [-0.2, -0.15) is 0 Å². The van der Waals surface area contributed by atoms with Gasteiger partial charge in [0.2, 0.25) is 11.8 Å². The molecule has 1 saturated heterocycles. The summed E-state index contributed by atoms with van der Waals surface area (Å²) in [6.45, 7) is 0.436. The summed E-state index contributed by atoms with van der Waals surface area (Å²) in [7, 11) is 0. The molecule has 2 rings (SSSR count). The first-order chi connectivity index (χ1) is 8.56. The molecule has 1 aliphatic rings. The van der Waals surface area contributed by atoms with Gasteiger partial charge in [-0.25, -0.2) is 0 Å². The standard InChI is InChI=1S/C12H12Cl2N2O2.ClH/c13-8-1-2-9(14)7(5-8)6-15-10-3-4-11(17)16-12(10)18;/h1-2,5,10,15H,3-4,6H2,(H,16,17,18);1H. The Hall–Kier alpha value is -0.810. The van der Waals surface area contributed by atoms with E-state index in [0.717, 1.165) is 5.56 Å². The van der Waals surface area contributed by atoms with Gasteiger partial charge in [0.15, 0.2) is 0 Å². The van der Waals surface area contributed by atoms with E-state index in [1.165, 1.54) is 0 Å². The molecule has 1 unspecified atom stereocenters. The molecule has 1 heterocycles. The van der Waals surface area contributed by atoms with Crippen LogP contribution in [0.2, 0.25) is 10.0 Å². The molecule has 0 bridgehead atoms. The summed E-state index contributed by atoms with van der Waals surface area (Å²) >= 11 is 11.9. The fraction of sp³-hybridized carbons (Fsp3) is 0.333. The highest BCUT2D eigenvalue weighted by molar-refractivity contribution is 6.33. The monoisotopic (exact) mass is 322 g/mol. The van der Waals surface area contributed by atoms with Crippen LogP contribution < -0.4 is 10.6 Å². The van der Waals surface area contributed by atoms with Gasteiger partial charge in [-0.1, -0.05) is 23.2 Å². The van der Waals surface area contributed by atoms with E-state index in [2.05, 4.69) is 10.6 Å². The minimum Gasteiger partial charge on any atom is -0.302 e. The van der Waals surface area contributed by atoms with Crippen LogP contribution >= 0.6 is 35.6 Å². The molecule has 0 aromatic heterocycles. The van der Waals surface area contributed by atoms with Gasteiger partial charge in [-0.3, -0.25) is 14.9 Å². The lowest BCUT2D eigenvalue weighted by Crippen LogP contribution is -2.50. The van der Waals surface area contributed by atoms with Crippen molar-refractivity contribution in [1.82, 2.24) is 10.6 Å². The molecule has 7 heteroatoms. The van der Waals surface area contributed by atoms with Crippen LogP contribution in [0.1, 0.15) is 18.4 Å². The number of halogens is 3. The van der Waals surface area contributed by atoms with Crippen LogP contribution in [0.15, 0.2) is 18.2 Å². The Morgan fingerprint density at radius 3 is 2.74 bits per heavy atom.